The number of carbonyl (C=O) groups excluding carboxylic acids is 2. The van der Waals surface area contributed by atoms with Gasteiger partial charge in [0.15, 0.2) is 0 Å². The van der Waals surface area contributed by atoms with Gasteiger partial charge in [0.25, 0.3) is 0 Å². The van der Waals surface area contributed by atoms with Gasteiger partial charge in [-0.2, -0.15) is 0 Å². The number of amides is 2. The van der Waals surface area contributed by atoms with Crippen molar-refractivity contribution in [3.8, 4) is 0 Å². The summed E-state index contributed by atoms with van der Waals surface area (Å²) in [7, 11) is 1.75. The standard InChI is InChI=1S/C18H29N3O2/c1-5-6-7-11-20-16(22)18(2,3)17(23)21(4)14-10-15-8-12-19-13-9-15/h8-9,12-13H,5-7,10-11,14H2,1-4H3,(H,20,22). The van der Waals surface area contributed by atoms with Gasteiger partial charge in [-0.05, 0) is 44.4 Å². The number of nitrogens with zero attached hydrogens (tertiary/aromatic N) is 2. The molecule has 0 aliphatic carbocycles. The molecule has 0 radical (unpaired) electrons. The number of aromatic nitrogens is 1. The van der Waals surface area contributed by atoms with Gasteiger partial charge in [-0.3, -0.25) is 14.6 Å². The Kier molecular flexibility index (Phi) is 7.72. The Labute approximate surface area is 139 Å². The molecule has 5 nitrogen and oxygen atoms in total. The summed E-state index contributed by atoms with van der Waals surface area (Å²) in [5.41, 5.74) is 0.0839. The molecule has 5 heteroatoms. The van der Waals surface area contributed by atoms with Gasteiger partial charge in [-0.15, -0.1) is 0 Å². The highest BCUT2D eigenvalue weighted by Gasteiger charge is 2.37. The lowest BCUT2D eigenvalue weighted by Crippen LogP contribution is -2.49. The lowest BCUT2D eigenvalue weighted by molar-refractivity contribution is -0.147. The van der Waals surface area contributed by atoms with E-state index in [1.165, 1.54) is 0 Å². The van der Waals surface area contributed by atoms with Crippen LogP contribution in [-0.4, -0.2) is 41.8 Å². The topological polar surface area (TPSA) is 62.3 Å². The molecule has 0 aliphatic rings. The number of nitrogens with one attached hydrogen (secondary N) is 1. The molecule has 128 valence electrons. The zero-order valence-corrected chi connectivity index (χ0v) is 14.8. The highest BCUT2D eigenvalue weighted by Crippen LogP contribution is 2.19. The van der Waals surface area contributed by atoms with Gasteiger partial charge in [0.1, 0.15) is 5.41 Å². The molecule has 1 aromatic heterocycles. The van der Waals surface area contributed by atoms with E-state index < -0.39 is 5.41 Å². The number of hydrogen-bond acceptors (Lipinski definition) is 3. The molecule has 0 atom stereocenters. The summed E-state index contributed by atoms with van der Waals surface area (Å²) in [6.45, 7) is 6.70. The van der Waals surface area contributed by atoms with E-state index in [1.54, 1.807) is 38.2 Å². The summed E-state index contributed by atoms with van der Waals surface area (Å²) in [5, 5.41) is 2.87. The van der Waals surface area contributed by atoms with Gasteiger partial charge in [0.05, 0.1) is 0 Å². The molecule has 2 amide bonds. The van der Waals surface area contributed by atoms with Crippen LogP contribution in [0.3, 0.4) is 0 Å². The van der Waals surface area contributed by atoms with Crippen LogP contribution in [-0.2, 0) is 16.0 Å². The summed E-state index contributed by atoms with van der Waals surface area (Å²) in [4.78, 5) is 30.5. The van der Waals surface area contributed by atoms with Crippen molar-refractivity contribution in [3.05, 3.63) is 30.1 Å². The molecule has 1 rings (SSSR count). The fraction of sp³-hybridized carbons (Fsp3) is 0.611. The maximum Gasteiger partial charge on any atom is 0.237 e. The van der Waals surface area contributed by atoms with Gasteiger partial charge in [0.2, 0.25) is 11.8 Å². The predicted octanol–water partition coefficient (Wildman–Crippen LogP) is 2.42. The van der Waals surface area contributed by atoms with Crippen molar-refractivity contribution in [2.75, 3.05) is 20.1 Å². The second-order valence-electron chi connectivity index (χ2n) is 6.42. The minimum Gasteiger partial charge on any atom is -0.355 e. The molecule has 0 aromatic carbocycles. The fourth-order valence-electron chi connectivity index (χ4n) is 2.32. The highest BCUT2D eigenvalue weighted by atomic mass is 16.2. The Morgan fingerprint density at radius 1 is 1.22 bits per heavy atom. The van der Waals surface area contributed by atoms with E-state index in [1.807, 2.05) is 12.1 Å². The van der Waals surface area contributed by atoms with Crippen LogP contribution in [0.4, 0.5) is 0 Å². The molecule has 1 N–H and O–H groups in total. The summed E-state index contributed by atoms with van der Waals surface area (Å²) in [6.07, 6.45) is 7.37. The number of carbonyl (C=O) groups is 2. The van der Waals surface area contributed by atoms with Crippen LogP contribution in [0.5, 0.6) is 0 Å². The van der Waals surface area contributed by atoms with Crippen LogP contribution < -0.4 is 5.32 Å². The van der Waals surface area contributed by atoms with E-state index >= 15 is 0 Å². The van der Waals surface area contributed by atoms with E-state index in [9.17, 15) is 9.59 Å². The average Bonchev–Trinajstić information content (AvgIpc) is 2.56. The Bertz CT molecular complexity index is 500. The van der Waals surface area contributed by atoms with Gasteiger partial charge < -0.3 is 10.2 Å². The van der Waals surface area contributed by atoms with Crippen LogP contribution >= 0.6 is 0 Å². The second kappa shape index (κ2) is 9.28. The maximum atomic E-state index is 12.6. The number of pyridine rings is 1. The average molecular weight is 319 g/mol. The van der Waals surface area contributed by atoms with Crippen molar-refractivity contribution < 1.29 is 9.59 Å². The number of likely N-dealkylation sites (N-methyl/N-ethyl adjacent to an activating group) is 1. The third-order valence-corrected chi connectivity index (χ3v) is 4.00. The maximum absolute atomic E-state index is 12.6. The normalized spacial score (nSPS) is 11.1. The monoisotopic (exact) mass is 319 g/mol. The van der Waals surface area contributed by atoms with Gasteiger partial charge in [-0.25, -0.2) is 0 Å². The molecular weight excluding hydrogens is 290 g/mol. The molecule has 0 aliphatic heterocycles. The van der Waals surface area contributed by atoms with E-state index in [-0.39, 0.29) is 11.8 Å². The smallest absolute Gasteiger partial charge is 0.237 e. The number of rotatable bonds is 9. The quantitative estimate of drug-likeness (QED) is 0.561. The zero-order chi connectivity index (χ0) is 17.3. The molecule has 0 spiro atoms. The largest absolute Gasteiger partial charge is 0.355 e. The van der Waals surface area contributed by atoms with Crippen molar-refractivity contribution in [1.29, 1.82) is 0 Å². The van der Waals surface area contributed by atoms with Crippen molar-refractivity contribution in [2.24, 2.45) is 5.41 Å². The molecule has 0 saturated carbocycles. The van der Waals surface area contributed by atoms with Crippen LogP contribution in [0.25, 0.3) is 0 Å². The summed E-state index contributed by atoms with van der Waals surface area (Å²) < 4.78 is 0. The number of unbranched alkanes of at least 4 members (excludes halogenated alkanes) is 2. The molecule has 1 aromatic rings. The minimum atomic E-state index is -1.04. The van der Waals surface area contributed by atoms with Crippen molar-refractivity contribution >= 4 is 11.8 Å². The van der Waals surface area contributed by atoms with Crippen molar-refractivity contribution in [3.63, 3.8) is 0 Å². The molecule has 0 bridgehead atoms. The zero-order valence-electron chi connectivity index (χ0n) is 14.8. The lowest BCUT2D eigenvalue weighted by Gasteiger charge is -2.28. The van der Waals surface area contributed by atoms with Crippen LogP contribution in [0, 0.1) is 5.41 Å². The molecule has 0 fully saturated rings. The van der Waals surface area contributed by atoms with Crippen molar-refractivity contribution in [1.82, 2.24) is 15.2 Å². The summed E-state index contributed by atoms with van der Waals surface area (Å²) in [5.74, 6) is -0.353. The fourth-order valence-corrected chi connectivity index (χ4v) is 2.32. The Hall–Kier alpha value is -1.91. The minimum absolute atomic E-state index is 0.153. The summed E-state index contributed by atoms with van der Waals surface area (Å²) in [6, 6.07) is 3.87. The van der Waals surface area contributed by atoms with E-state index in [0.29, 0.717) is 13.1 Å². The van der Waals surface area contributed by atoms with Gasteiger partial charge >= 0.3 is 0 Å². The molecule has 0 saturated heterocycles. The van der Waals surface area contributed by atoms with Gasteiger partial charge in [0, 0.05) is 32.5 Å². The Balaban J connectivity index is 2.50. The molecule has 1 heterocycles. The summed E-state index contributed by atoms with van der Waals surface area (Å²) >= 11 is 0. The van der Waals surface area contributed by atoms with E-state index in [2.05, 4.69) is 17.2 Å². The van der Waals surface area contributed by atoms with Crippen LogP contribution in [0.1, 0.15) is 45.6 Å². The first-order valence-electron chi connectivity index (χ1n) is 8.32. The van der Waals surface area contributed by atoms with Crippen LogP contribution in [0.2, 0.25) is 0 Å². The van der Waals surface area contributed by atoms with Crippen LogP contribution in [0.15, 0.2) is 24.5 Å². The van der Waals surface area contributed by atoms with Crippen molar-refractivity contribution in [2.45, 2.75) is 46.5 Å². The van der Waals surface area contributed by atoms with E-state index in [4.69, 9.17) is 0 Å². The Morgan fingerprint density at radius 3 is 2.48 bits per heavy atom. The SMILES string of the molecule is CCCCCNC(=O)C(C)(C)C(=O)N(C)CCc1ccncc1. The van der Waals surface area contributed by atoms with E-state index in [0.717, 1.165) is 31.2 Å². The third-order valence-electron chi connectivity index (χ3n) is 4.00. The predicted molar refractivity (Wildman–Crippen MR) is 91.9 cm³/mol. The molecular formula is C18H29N3O2. The highest BCUT2D eigenvalue weighted by molar-refractivity contribution is 6.04. The molecule has 23 heavy (non-hydrogen) atoms. The molecule has 0 unspecified atom stereocenters. The number of hydrogen-bond donors (Lipinski definition) is 1. The first kappa shape index (κ1) is 19.1. The first-order chi connectivity index (χ1) is 10.9. The first-order valence-corrected chi connectivity index (χ1v) is 8.32. The third kappa shape index (κ3) is 6.00. The lowest BCUT2D eigenvalue weighted by atomic mass is 9.90. The Morgan fingerprint density at radius 2 is 1.87 bits per heavy atom. The second-order valence-corrected chi connectivity index (χ2v) is 6.42. The van der Waals surface area contributed by atoms with Gasteiger partial charge in [-0.1, -0.05) is 19.8 Å².